The van der Waals surface area contributed by atoms with Crippen LogP contribution in [0.4, 0.5) is 26.5 Å². The molecule has 12 nitrogen and oxygen atoms in total. The molecule has 4 heterocycles. The number of ether oxygens (including phenoxy) is 2. The number of rotatable bonds is 6. The highest BCUT2D eigenvalue weighted by Gasteiger charge is 2.36. The van der Waals surface area contributed by atoms with Gasteiger partial charge in [-0.2, -0.15) is 5.10 Å². The number of carbonyl (C=O) groups is 2. The average Bonchev–Trinajstić information content (AvgIpc) is 3.63. The van der Waals surface area contributed by atoms with Crippen LogP contribution in [-0.4, -0.2) is 87.2 Å². The van der Waals surface area contributed by atoms with Crippen molar-refractivity contribution in [2.45, 2.75) is 58.7 Å². The van der Waals surface area contributed by atoms with Crippen LogP contribution >= 0.6 is 0 Å². The van der Waals surface area contributed by atoms with Crippen molar-refractivity contribution < 1.29 is 23.5 Å². The molecule has 3 atom stereocenters. The lowest BCUT2D eigenvalue weighted by Gasteiger charge is -2.45. The molecular weight excluding hydrogens is 591 g/mol. The van der Waals surface area contributed by atoms with E-state index in [1.165, 1.54) is 10.7 Å². The van der Waals surface area contributed by atoms with Crippen LogP contribution in [0.3, 0.4) is 0 Å². The first-order chi connectivity index (χ1) is 21.9. The number of hydrogen-bond acceptors (Lipinski definition) is 9. The largest absolute Gasteiger partial charge is 0.444 e. The Bertz CT molecular complexity index is 1770. The zero-order valence-electron chi connectivity index (χ0n) is 27.1. The highest BCUT2D eigenvalue weighted by atomic mass is 19.1. The Morgan fingerprint density at radius 1 is 1.13 bits per heavy atom. The molecule has 0 spiro atoms. The first-order valence-corrected chi connectivity index (χ1v) is 15.7. The maximum Gasteiger partial charge on any atom is 0.410 e. The third kappa shape index (κ3) is 6.55. The first kappa shape index (κ1) is 31.5. The molecule has 2 aromatic heterocycles. The molecule has 244 valence electrons. The Morgan fingerprint density at radius 3 is 2.59 bits per heavy atom. The number of carbonyl (C=O) groups excluding carboxylic acids is 2. The number of benzene rings is 2. The summed E-state index contributed by atoms with van der Waals surface area (Å²) in [4.78, 5) is 40.2. The van der Waals surface area contributed by atoms with Gasteiger partial charge in [-0.15, -0.1) is 0 Å². The molecular formula is C33H41FN8O4. The molecule has 2 fully saturated rings. The monoisotopic (exact) mass is 632 g/mol. The molecule has 6 rings (SSSR count). The molecule has 0 unspecified atom stereocenters. The number of halogens is 1. The number of fused-ring (bicyclic) bond motifs is 2. The maximum atomic E-state index is 14.8. The van der Waals surface area contributed by atoms with Gasteiger partial charge in [-0.3, -0.25) is 14.4 Å². The number of nitrogens with zero attached hydrogens (tertiary/aromatic N) is 6. The molecule has 0 saturated carbocycles. The van der Waals surface area contributed by atoms with E-state index in [-0.39, 0.29) is 23.7 Å². The number of nitrogens with one attached hydrogen (secondary N) is 2. The van der Waals surface area contributed by atoms with Crippen LogP contribution in [0.25, 0.3) is 21.8 Å². The van der Waals surface area contributed by atoms with Gasteiger partial charge in [-0.1, -0.05) is 0 Å². The molecule has 2 saturated heterocycles. The van der Waals surface area contributed by atoms with Gasteiger partial charge in [-0.25, -0.2) is 19.2 Å². The Hall–Kier alpha value is -4.52. The van der Waals surface area contributed by atoms with E-state index in [1.807, 2.05) is 40.7 Å². The summed E-state index contributed by atoms with van der Waals surface area (Å²) in [5.41, 5.74) is 1.61. The highest BCUT2D eigenvalue weighted by molar-refractivity contribution is 6.14. The smallest absolute Gasteiger partial charge is 0.410 e. The number of aromatic nitrogens is 4. The fourth-order valence-corrected chi connectivity index (χ4v) is 6.31. The van der Waals surface area contributed by atoms with Crippen LogP contribution in [0.15, 0.2) is 36.7 Å². The van der Waals surface area contributed by atoms with Gasteiger partial charge < -0.3 is 25.0 Å². The topological polar surface area (TPSA) is 127 Å². The summed E-state index contributed by atoms with van der Waals surface area (Å²) in [5.74, 6) is -0.184. The Labute approximate surface area is 267 Å². The Balaban J connectivity index is 1.32. The molecule has 0 bridgehead atoms. The predicted octanol–water partition coefficient (Wildman–Crippen LogP) is 5.19. The summed E-state index contributed by atoms with van der Waals surface area (Å²) in [6, 6.07) is 6.31. The number of hydrogen-bond donors (Lipinski definition) is 2. The van der Waals surface area contributed by atoms with Gasteiger partial charge in [0.05, 0.1) is 29.8 Å². The second-order valence-electron chi connectivity index (χ2n) is 13.3. The molecule has 2 amide bonds. The standard InChI is InChI=1S/C33H41FN8O4/c1-19-15-41(16-20(2)42(19)32(44)46-33(3,4)5)27-8-7-24(29-25(27)14-36-31(38-29)35-13-21-9-10-45-18-21)30(43)37-23-11-22-17-40(6)39-28(22)26(34)12-23/h7-8,11-12,14,17,19-21H,9-10,13,15-16,18H2,1-6H3,(H,37,43)(H,35,36,38)/t19-,20+,21-/m1/s1. The fourth-order valence-electron chi connectivity index (χ4n) is 6.31. The molecule has 13 heteroatoms. The van der Waals surface area contributed by atoms with Gasteiger partial charge in [0.1, 0.15) is 11.1 Å². The fraction of sp³-hybridized carbons (Fsp3) is 0.485. The summed E-state index contributed by atoms with van der Waals surface area (Å²) in [6.45, 7) is 12.8. The summed E-state index contributed by atoms with van der Waals surface area (Å²) < 4.78 is 27.5. The van der Waals surface area contributed by atoms with Crippen LogP contribution in [0.2, 0.25) is 0 Å². The average molecular weight is 633 g/mol. The van der Waals surface area contributed by atoms with E-state index in [9.17, 15) is 14.0 Å². The number of piperazine rings is 1. The second kappa shape index (κ2) is 12.3. The summed E-state index contributed by atoms with van der Waals surface area (Å²) >= 11 is 0. The van der Waals surface area contributed by atoms with E-state index >= 15 is 0 Å². The molecule has 2 aliphatic heterocycles. The van der Waals surface area contributed by atoms with Crippen LogP contribution in [-0.2, 0) is 16.5 Å². The quantitative estimate of drug-likeness (QED) is 0.295. The SMILES string of the molecule is C[C@@H]1CN(c2ccc(C(=O)Nc3cc(F)c4nn(C)cc4c3)c3nc(NC[C@H]4CCOC4)ncc23)C[C@H](C)N1C(=O)OC(C)(C)C. The van der Waals surface area contributed by atoms with E-state index in [0.29, 0.717) is 65.6 Å². The molecule has 0 radical (unpaired) electrons. The van der Waals surface area contributed by atoms with Crippen molar-refractivity contribution in [1.82, 2.24) is 24.6 Å². The summed E-state index contributed by atoms with van der Waals surface area (Å²) in [5, 5.41) is 11.6. The van der Waals surface area contributed by atoms with Crippen molar-refractivity contribution in [3.05, 3.63) is 48.0 Å². The maximum absolute atomic E-state index is 14.8. The van der Waals surface area contributed by atoms with Gasteiger partial charge in [0.2, 0.25) is 5.95 Å². The predicted molar refractivity (Wildman–Crippen MR) is 175 cm³/mol. The van der Waals surface area contributed by atoms with E-state index in [0.717, 1.165) is 18.7 Å². The van der Waals surface area contributed by atoms with E-state index in [2.05, 4.69) is 25.6 Å². The zero-order chi connectivity index (χ0) is 32.7. The van der Waals surface area contributed by atoms with Crippen molar-refractivity contribution in [2.24, 2.45) is 13.0 Å². The Morgan fingerprint density at radius 2 is 1.89 bits per heavy atom. The number of amides is 2. The molecule has 46 heavy (non-hydrogen) atoms. The van der Waals surface area contributed by atoms with Crippen molar-refractivity contribution in [3.63, 3.8) is 0 Å². The minimum absolute atomic E-state index is 0.135. The van der Waals surface area contributed by atoms with E-state index in [1.54, 1.807) is 36.5 Å². The minimum atomic E-state index is -0.594. The molecule has 2 N–H and O–H groups in total. The van der Waals surface area contributed by atoms with E-state index < -0.39 is 17.3 Å². The summed E-state index contributed by atoms with van der Waals surface area (Å²) in [7, 11) is 1.72. The van der Waals surface area contributed by atoms with Crippen molar-refractivity contribution in [1.29, 1.82) is 0 Å². The highest BCUT2D eigenvalue weighted by Crippen LogP contribution is 2.33. The van der Waals surface area contributed by atoms with Gasteiger partial charge in [0, 0.05) is 73.7 Å². The second-order valence-corrected chi connectivity index (χ2v) is 13.3. The molecule has 2 aliphatic rings. The van der Waals surface area contributed by atoms with Crippen LogP contribution in [0.1, 0.15) is 51.4 Å². The van der Waals surface area contributed by atoms with E-state index in [4.69, 9.17) is 14.5 Å². The van der Waals surface area contributed by atoms with Crippen molar-refractivity contribution in [2.75, 3.05) is 48.4 Å². The van der Waals surface area contributed by atoms with Crippen LogP contribution < -0.4 is 15.5 Å². The first-order valence-electron chi connectivity index (χ1n) is 15.7. The van der Waals surface area contributed by atoms with Gasteiger partial charge in [-0.05, 0) is 65.3 Å². The Kier molecular flexibility index (Phi) is 8.45. The number of aryl methyl sites for hydroxylation is 1. The van der Waals surface area contributed by atoms with Gasteiger partial charge in [0.25, 0.3) is 5.91 Å². The van der Waals surface area contributed by atoms with Crippen molar-refractivity contribution in [3.8, 4) is 0 Å². The number of anilines is 3. The molecule has 4 aromatic rings. The van der Waals surface area contributed by atoms with Gasteiger partial charge >= 0.3 is 6.09 Å². The third-order valence-electron chi connectivity index (χ3n) is 8.34. The van der Waals surface area contributed by atoms with Crippen LogP contribution in [0.5, 0.6) is 0 Å². The lowest BCUT2D eigenvalue weighted by Crippen LogP contribution is -2.59. The van der Waals surface area contributed by atoms with Crippen molar-refractivity contribution >= 4 is 51.1 Å². The van der Waals surface area contributed by atoms with Crippen LogP contribution in [0, 0.1) is 11.7 Å². The lowest BCUT2D eigenvalue weighted by atomic mass is 10.0. The minimum Gasteiger partial charge on any atom is -0.444 e. The molecule has 2 aromatic carbocycles. The lowest BCUT2D eigenvalue weighted by molar-refractivity contribution is 0.00566. The summed E-state index contributed by atoms with van der Waals surface area (Å²) in [6.07, 6.45) is 4.06. The molecule has 0 aliphatic carbocycles. The third-order valence-corrected chi connectivity index (χ3v) is 8.34. The normalized spacial score (nSPS) is 20.4. The van der Waals surface area contributed by atoms with Gasteiger partial charge in [0.15, 0.2) is 5.82 Å². The zero-order valence-corrected chi connectivity index (χ0v) is 27.1.